The quantitative estimate of drug-likeness (QED) is 0.841. The molecule has 0 aliphatic heterocycles. The molecule has 0 amide bonds. The van der Waals surface area contributed by atoms with Crippen molar-refractivity contribution in [1.82, 2.24) is 0 Å². The summed E-state index contributed by atoms with van der Waals surface area (Å²) in [5.74, 6) is 0.721. The third-order valence-electron chi connectivity index (χ3n) is 3.36. The second kappa shape index (κ2) is 4.02. The lowest BCUT2D eigenvalue weighted by Gasteiger charge is -2.09. The van der Waals surface area contributed by atoms with Gasteiger partial charge in [-0.1, -0.05) is 38.1 Å². The molecule has 1 aromatic rings. The van der Waals surface area contributed by atoms with Gasteiger partial charge in [0.25, 0.3) is 0 Å². The molecule has 0 saturated heterocycles. The average molecular weight is 217 g/mol. The Kier molecular flexibility index (Phi) is 2.85. The maximum Gasteiger partial charge on any atom is 0.156 e. The van der Waals surface area contributed by atoms with Crippen molar-refractivity contribution in [3.8, 4) is 0 Å². The van der Waals surface area contributed by atoms with Crippen molar-refractivity contribution in [1.29, 1.82) is 0 Å². The molecule has 1 aliphatic carbocycles. The van der Waals surface area contributed by atoms with Gasteiger partial charge in [0.2, 0.25) is 0 Å². The van der Waals surface area contributed by atoms with E-state index in [0.29, 0.717) is 12.3 Å². The highest BCUT2D eigenvalue weighted by atomic mass is 16.1. The molecule has 1 aromatic carbocycles. The number of benzene rings is 1. The van der Waals surface area contributed by atoms with Gasteiger partial charge in [0.1, 0.15) is 0 Å². The van der Waals surface area contributed by atoms with Crippen LogP contribution in [-0.2, 0) is 11.2 Å². The normalized spacial score (nSPS) is 17.5. The first-order chi connectivity index (χ1) is 7.51. The summed E-state index contributed by atoms with van der Waals surface area (Å²) in [6.45, 7) is 4.33. The molecule has 16 heavy (non-hydrogen) atoms. The zero-order valence-corrected chi connectivity index (χ0v) is 9.99. The van der Waals surface area contributed by atoms with Crippen LogP contribution >= 0.6 is 0 Å². The number of carbonyl (C=O) groups excluding carboxylic acids is 1. The minimum Gasteiger partial charge on any atom is -0.319 e. The van der Waals surface area contributed by atoms with Crippen LogP contribution in [0.15, 0.2) is 24.3 Å². The number of hydrogen-bond acceptors (Lipinski definition) is 2. The van der Waals surface area contributed by atoms with E-state index in [9.17, 15) is 4.79 Å². The Morgan fingerprint density at radius 2 is 1.88 bits per heavy atom. The molecular formula is C14H19NO. The zero-order valence-electron chi connectivity index (χ0n) is 9.99. The lowest BCUT2D eigenvalue weighted by molar-refractivity contribution is -0.120. The van der Waals surface area contributed by atoms with Crippen molar-refractivity contribution in [3.05, 3.63) is 35.4 Å². The number of ketones is 1. The van der Waals surface area contributed by atoms with E-state index in [1.54, 1.807) is 0 Å². The maximum atomic E-state index is 11.8. The van der Waals surface area contributed by atoms with Gasteiger partial charge in [-0.3, -0.25) is 4.79 Å². The van der Waals surface area contributed by atoms with Crippen LogP contribution in [0, 0.1) is 0 Å². The maximum absolute atomic E-state index is 11.8. The molecule has 2 nitrogen and oxygen atoms in total. The van der Waals surface area contributed by atoms with Gasteiger partial charge in [0.15, 0.2) is 5.78 Å². The summed E-state index contributed by atoms with van der Waals surface area (Å²) < 4.78 is 0. The molecule has 2 heteroatoms. The molecule has 1 fully saturated rings. The monoisotopic (exact) mass is 217 g/mol. The number of Topliss-reactive ketones (excluding diaryl/α,β-unsaturated/α-hetero) is 1. The van der Waals surface area contributed by atoms with Crippen LogP contribution in [0.4, 0.5) is 0 Å². The van der Waals surface area contributed by atoms with Crippen molar-refractivity contribution in [2.45, 2.75) is 44.6 Å². The first-order valence-corrected chi connectivity index (χ1v) is 5.92. The largest absolute Gasteiger partial charge is 0.319 e. The topological polar surface area (TPSA) is 43.1 Å². The molecule has 0 spiro atoms. The molecule has 0 atom stereocenters. The summed E-state index contributed by atoms with van der Waals surface area (Å²) in [5, 5.41) is 0. The Morgan fingerprint density at radius 3 is 2.31 bits per heavy atom. The summed E-state index contributed by atoms with van der Waals surface area (Å²) >= 11 is 0. The second-order valence-corrected chi connectivity index (χ2v) is 5.15. The van der Waals surface area contributed by atoms with E-state index in [4.69, 9.17) is 5.73 Å². The van der Waals surface area contributed by atoms with Crippen molar-refractivity contribution < 1.29 is 4.79 Å². The Hall–Kier alpha value is -1.15. The summed E-state index contributed by atoms with van der Waals surface area (Å²) in [5.41, 5.74) is 7.76. The molecule has 86 valence electrons. The second-order valence-electron chi connectivity index (χ2n) is 5.15. The van der Waals surface area contributed by atoms with Gasteiger partial charge in [-0.05, 0) is 29.9 Å². The van der Waals surface area contributed by atoms with Crippen LogP contribution in [-0.4, -0.2) is 11.3 Å². The Morgan fingerprint density at radius 1 is 1.31 bits per heavy atom. The number of hydrogen-bond donors (Lipinski definition) is 1. The van der Waals surface area contributed by atoms with Crippen molar-refractivity contribution in [3.63, 3.8) is 0 Å². The number of nitrogens with two attached hydrogens (primary N) is 1. The molecule has 0 bridgehead atoms. The van der Waals surface area contributed by atoms with Crippen molar-refractivity contribution in [2.24, 2.45) is 5.73 Å². The van der Waals surface area contributed by atoms with E-state index in [2.05, 4.69) is 26.0 Å². The molecule has 0 aromatic heterocycles. The van der Waals surface area contributed by atoms with E-state index in [-0.39, 0.29) is 5.78 Å². The number of rotatable bonds is 4. The van der Waals surface area contributed by atoms with Crippen LogP contribution in [0.2, 0.25) is 0 Å². The van der Waals surface area contributed by atoms with Gasteiger partial charge in [-0.15, -0.1) is 0 Å². The lowest BCUT2D eigenvalue weighted by atomic mass is 9.98. The molecule has 0 heterocycles. The van der Waals surface area contributed by atoms with Crippen LogP contribution in [0.1, 0.15) is 43.7 Å². The predicted molar refractivity (Wildman–Crippen MR) is 65.4 cm³/mol. The highest BCUT2D eigenvalue weighted by Crippen LogP contribution is 2.34. The van der Waals surface area contributed by atoms with Gasteiger partial charge in [0.05, 0.1) is 5.54 Å². The third kappa shape index (κ3) is 2.33. The highest BCUT2D eigenvalue weighted by molar-refractivity contribution is 5.92. The van der Waals surface area contributed by atoms with Gasteiger partial charge in [-0.25, -0.2) is 0 Å². The smallest absolute Gasteiger partial charge is 0.156 e. The lowest BCUT2D eigenvalue weighted by Crippen LogP contribution is -2.33. The molecule has 1 aliphatic rings. The van der Waals surface area contributed by atoms with Gasteiger partial charge in [0, 0.05) is 6.42 Å². The van der Waals surface area contributed by atoms with E-state index in [1.807, 2.05) is 12.1 Å². The number of carbonyl (C=O) groups is 1. The van der Waals surface area contributed by atoms with E-state index < -0.39 is 5.54 Å². The minimum absolute atomic E-state index is 0.185. The predicted octanol–water partition coefficient (Wildman–Crippen LogP) is 2.41. The first-order valence-electron chi connectivity index (χ1n) is 5.92. The molecule has 0 unspecified atom stereocenters. The fourth-order valence-corrected chi connectivity index (χ4v) is 1.80. The first kappa shape index (κ1) is 11.3. The van der Waals surface area contributed by atoms with Crippen LogP contribution < -0.4 is 5.73 Å². The van der Waals surface area contributed by atoms with Gasteiger partial charge >= 0.3 is 0 Å². The van der Waals surface area contributed by atoms with Crippen LogP contribution in [0.3, 0.4) is 0 Å². The standard InChI is InChI=1S/C14H19NO/c1-10(2)12-5-3-11(4-6-12)9-13(16)14(15)7-8-14/h3-6,10H,7-9,15H2,1-2H3. The Labute approximate surface area is 96.8 Å². The van der Waals surface area contributed by atoms with Crippen LogP contribution in [0.25, 0.3) is 0 Å². The average Bonchev–Trinajstić information content (AvgIpc) is 2.99. The molecule has 1 saturated carbocycles. The Balaban J connectivity index is 2.02. The minimum atomic E-state index is -0.489. The Bertz CT molecular complexity index is 388. The highest BCUT2D eigenvalue weighted by Gasteiger charge is 2.44. The molecular weight excluding hydrogens is 198 g/mol. The van der Waals surface area contributed by atoms with E-state index in [0.717, 1.165) is 18.4 Å². The van der Waals surface area contributed by atoms with E-state index >= 15 is 0 Å². The van der Waals surface area contributed by atoms with Gasteiger partial charge < -0.3 is 5.73 Å². The molecule has 0 radical (unpaired) electrons. The summed E-state index contributed by atoms with van der Waals surface area (Å²) in [7, 11) is 0. The summed E-state index contributed by atoms with van der Waals surface area (Å²) in [6.07, 6.45) is 2.20. The van der Waals surface area contributed by atoms with Crippen LogP contribution in [0.5, 0.6) is 0 Å². The third-order valence-corrected chi connectivity index (χ3v) is 3.36. The summed E-state index contributed by atoms with van der Waals surface area (Å²) in [4.78, 5) is 11.8. The van der Waals surface area contributed by atoms with Crippen molar-refractivity contribution >= 4 is 5.78 Å². The van der Waals surface area contributed by atoms with E-state index in [1.165, 1.54) is 5.56 Å². The summed E-state index contributed by atoms with van der Waals surface area (Å²) in [6, 6.07) is 8.28. The fourth-order valence-electron chi connectivity index (χ4n) is 1.80. The fraction of sp³-hybridized carbons (Fsp3) is 0.500. The van der Waals surface area contributed by atoms with Crippen molar-refractivity contribution in [2.75, 3.05) is 0 Å². The molecule has 2 N–H and O–H groups in total. The molecule has 2 rings (SSSR count). The SMILES string of the molecule is CC(C)c1ccc(CC(=O)C2(N)CC2)cc1. The van der Waals surface area contributed by atoms with Gasteiger partial charge in [-0.2, -0.15) is 0 Å². The zero-order chi connectivity index (χ0) is 11.8.